The summed E-state index contributed by atoms with van der Waals surface area (Å²) in [6.45, 7) is 0. The molecule has 1 N–H and O–H groups in total. The van der Waals surface area contributed by atoms with E-state index in [0.717, 1.165) is 27.8 Å². The minimum atomic E-state index is 0.646. The number of H-pyrrole nitrogens is 1. The molecular formula is C15H12ClNO. The van der Waals surface area contributed by atoms with E-state index in [1.165, 1.54) is 0 Å². The zero-order valence-corrected chi connectivity index (χ0v) is 10.7. The highest BCUT2D eigenvalue weighted by molar-refractivity contribution is 6.31. The second-order valence-electron chi connectivity index (χ2n) is 4.08. The molecule has 0 aliphatic carbocycles. The molecule has 0 spiro atoms. The van der Waals surface area contributed by atoms with Crippen LogP contribution in [0.5, 0.6) is 5.75 Å². The molecule has 2 nitrogen and oxygen atoms in total. The van der Waals surface area contributed by atoms with Crippen LogP contribution in [0.25, 0.3) is 22.0 Å². The number of benzene rings is 2. The van der Waals surface area contributed by atoms with E-state index in [4.69, 9.17) is 16.3 Å². The fraction of sp³-hybridized carbons (Fsp3) is 0.0667. The van der Waals surface area contributed by atoms with Crippen molar-refractivity contribution >= 4 is 22.5 Å². The molecule has 1 aromatic heterocycles. The third-order valence-electron chi connectivity index (χ3n) is 3.03. The molecule has 90 valence electrons. The van der Waals surface area contributed by atoms with Crippen LogP contribution < -0.4 is 4.74 Å². The van der Waals surface area contributed by atoms with Gasteiger partial charge in [0, 0.05) is 16.5 Å². The lowest BCUT2D eigenvalue weighted by atomic mass is 10.0. The van der Waals surface area contributed by atoms with Crippen LogP contribution in [0.3, 0.4) is 0 Å². The second kappa shape index (κ2) is 4.39. The summed E-state index contributed by atoms with van der Waals surface area (Å²) in [6, 6.07) is 16.0. The number of halogens is 1. The van der Waals surface area contributed by atoms with Crippen molar-refractivity contribution in [2.45, 2.75) is 0 Å². The number of hydrogen-bond acceptors (Lipinski definition) is 1. The van der Waals surface area contributed by atoms with Crippen molar-refractivity contribution in [3.05, 3.63) is 53.7 Å². The maximum absolute atomic E-state index is 6.03. The molecule has 0 radical (unpaired) electrons. The van der Waals surface area contributed by atoms with Crippen molar-refractivity contribution in [2.24, 2.45) is 0 Å². The first kappa shape index (κ1) is 11.2. The Morgan fingerprint density at radius 2 is 1.78 bits per heavy atom. The summed E-state index contributed by atoms with van der Waals surface area (Å²) in [4.78, 5) is 3.13. The molecule has 0 aliphatic rings. The Hall–Kier alpha value is -1.93. The number of ether oxygens (including phenoxy) is 1. The summed E-state index contributed by atoms with van der Waals surface area (Å²) in [6.07, 6.45) is 0. The van der Waals surface area contributed by atoms with Gasteiger partial charge in [0.15, 0.2) is 0 Å². The lowest BCUT2D eigenvalue weighted by Gasteiger charge is -2.09. The van der Waals surface area contributed by atoms with E-state index < -0.39 is 0 Å². The highest BCUT2D eigenvalue weighted by atomic mass is 35.5. The van der Waals surface area contributed by atoms with E-state index in [0.29, 0.717) is 5.15 Å². The van der Waals surface area contributed by atoms with Crippen LogP contribution in [-0.4, -0.2) is 12.1 Å². The van der Waals surface area contributed by atoms with Crippen LogP contribution in [0.4, 0.5) is 0 Å². The Morgan fingerprint density at radius 1 is 1.00 bits per heavy atom. The van der Waals surface area contributed by atoms with Gasteiger partial charge in [-0.25, -0.2) is 0 Å². The van der Waals surface area contributed by atoms with Gasteiger partial charge >= 0.3 is 0 Å². The number of nitrogens with one attached hydrogen (secondary N) is 1. The average molecular weight is 258 g/mol. The summed E-state index contributed by atoms with van der Waals surface area (Å²) in [5, 5.41) is 1.75. The van der Waals surface area contributed by atoms with Crippen molar-refractivity contribution < 1.29 is 4.74 Å². The Kier molecular flexibility index (Phi) is 2.73. The standard InChI is InChI=1S/C15H12ClNO/c1-18-14-8-3-2-5-11(14)10-6-4-7-13-12(10)9-15(16)17-13/h2-9,17H,1H3. The van der Waals surface area contributed by atoms with Gasteiger partial charge in [0.1, 0.15) is 10.9 Å². The van der Waals surface area contributed by atoms with Crippen LogP contribution in [-0.2, 0) is 0 Å². The predicted molar refractivity (Wildman–Crippen MR) is 75.3 cm³/mol. The molecule has 0 saturated carbocycles. The third kappa shape index (κ3) is 1.75. The molecule has 0 aliphatic heterocycles. The van der Waals surface area contributed by atoms with Crippen LogP contribution >= 0.6 is 11.6 Å². The molecule has 0 amide bonds. The number of aromatic nitrogens is 1. The molecule has 0 bridgehead atoms. The molecule has 2 aromatic carbocycles. The maximum Gasteiger partial charge on any atom is 0.126 e. The third-order valence-corrected chi connectivity index (χ3v) is 3.23. The van der Waals surface area contributed by atoms with Crippen LogP contribution in [0, 0.1) is 0 Å². The van der Waals surface area contributed by atoms with E-state index in [-0.39, 0.29) is 0 Å². The first-order valence-electron chi connectivity index (χ1n) is 5.70. The molecule has 0 unspecified atom stereocenters. The summed E-state index contributed by atoms with van der Waals surface area (Å²) in [5.41, 5.74) is 3.22. The summed E-state index contributed by atoms with van der Waals surface area (Å²) >= 11 is 6.03. The van der Waals surface area contributed by atoms with Gasteiger partial charge in [-0.2, -0.15) is 0 Å². The number of rotatable bonds is 2. The Morgan fingerprint density at radius 3 is 2.61 bits per heavy atom. The van der Waals surface area contributed by atoms with Gasteiger partial charge < -0.3 is 9.72 Å². The lowest BCUT2D eigenvalue weighted by molar-refractivity contribution is 0.416. The smallest absolute Gasteiger partial charge is 0.126 e. The van der Waals surface area contributed by atoms with Crippen molar-refractivity contribution in [2.75, 3.05) is 7.11 Å². The van der Waals surface area contributed by atoms with Gasteiger partial charge in [-0.05, 0) is 23.8 Å². The molecule has 1 heterocycles. The van der Waals surface area contributed by atoms with Gasteiger partial charge in [0.2, 0.25) is 0 Å². The topological polar surface area (TPSA) is 25.0 Å². The predicted octanol–water partition coefficient (Wildman–Crippen LogP) is 4.50. The normalized spacial score (nSPS) is 10.8. The fourth-order valence-electron chi connectivity index (χ4n) is 2.22. The van der Waals surface area contributed by atoms with Crippen molar-refractivity contribution in [3.63, 3.8) is 0 Å². The highest BCUT2D eigenvalue weighted by Crippen LogP contribution is 2.35. The molecule has 3 rings (SSSR count). The minimum absolute atomic E-state index is 0.646. The number of hydrogen-bond donors (Lipinski definition) is 1. The summed E-state index contributed by atoms with van der Waals surface area (Å²) in [7, 11) is 1.68. The van der Waals surface area contributed by atoms with Crippen LogP contribution in [0.2, 0.25) is 5.15 Å². The summed E-state index contributed by atoms with van der Waals surface area (Å²) in [5.74, 6) is 0.863. The summed E-state index contributed by atoms with van der Waals surface area (Å²) < 4.78 is 5.41. The minimum Gasteiger partial charge on any atom is -0.496 e. The zero-order valence-electron chi connectivity index (χ0n) is 9.91. The van der Waals surface area contributed by atoms with Gasteiger partial charge in [-0.15, -0.1) is 0 Å². The maximum atomic E-state index is 6.03. The van der Waals surface area contributed by atoms with Crippen LogP contribution in [0.1, 0.15) is 0 Å². The average Bonchev–Trinajstić information content (AvgIpc) is 2.78. The number of fused-ring (bicyclic) bond motifs is 1. The van der Waals surface area contributed by atoms with E-state index >= 15 is 0 Å². The largest absolute Gasteiger partial charge is 0.496 e. The number of para-hydroxylation sites is 1. The number of methoxy groups -OCH3 is 1. The van der Waals surface area contributed by atoms with Crippen molar-refractivity contribution in [3.8, 4) is 16.9 Å². The van der Waals surface area contributed by atoms with Crippen molar-refractivity contribution in [1.29, 1.82) is 0 Å². The van der Waals surface area contributed by atoms with Gasteiger partial charge in [0.05, 0.1) is 7.11 Å². The molecule has 0 fully saturated rings. The van der Waals surface area contributed by atoms with E-state index in [2.05, 4.69) is 17.1 Å². The number of aromatic amines is 1. The lowest BCUT2D eigenvalue weighted by Crippen LogP contribution is -1.87. The monoisotopic (exact) mass is 257 g/mol. The van der Waals surface area contributed by atoms with E-state index in [9.17, 15) is 0 Å². The van der Waals surface area contributed by atoms with Crippen molar-refractivity contribution in [1.82, 2.24) is 4.98 Å². The fourth-order valence-corrected chi connectivity index (χ4v) is 2.43. The first-order valence-corrected chi connectivity index (χ1v) is 6.08. The quantitative estimate of drug-likeness (QED) is 0.719. The molecular weight excluding hydrogens is 246 g/mol. The van der Waals surface area contributed by atoms with Gasteiger partial charge in [0.25, 0.3) is 0 Å². The Labute approximate surface area is 110 Å². The van der Waals surface area contributed by atoms with Gasteiger partial charge in [-0.3, -0.25) is 0 Å². The molecule has 3 heteroatoms. The van der Waals surface area contributed by atoms with E-state index in [1.54, 1.807) is 7.11 Å². The van der Waals surface area contributed by atoms with Gasteiger partial charge in [-0.1, -0.05) is 41.9 Å². The van der Waals surface area contributed by atoms with E-state index in [1.807, 2.05) is 36.4 Å². The molecule has 18 heavy (non-hydrogen) atoms. The van der Waals surface area contributed by atoms with Crippen LogP contribution in [0.15, 0.2) is 48.5 Å². The highest BCUT2D eigenvalue weighted by Gasteiger charge is 2.10. The molecule has 0 atom stereocenters. The zero-order chi connectivity index (χ0) is 12.5. The first-order chi connectivity index (χ1) is 8.79. The molecule has 0 saturated heterocycles. The Bertz CT molecular complexity index is 703. The second-order valence-corrected chi connectivity index (χ2v) is 4.49. The molecule has 3 aromatic rings. The SMILES string of the molecule is COc1ccccc1-c1cccc2[nH]c(Cl)cc12. The Balaban J connectivity index is 2.31.